The molecule has 1 saturated heterocycles. The average molecular weight is 456 g/mol. The highest BCUT2D eigenvalue weighted by molar-refractivity contribution is 14.0. The summed E-state index contributed by atoms with van der Waals surface area (Å²) >= 11 is 0. The SMILES string of the molecule is CCNC(=NCC(OC)C(C)(C)C)NCCCN1CCOCC1.I. The summed E-state index contributed by atoms with van der Waals surface area (Å²) in [5.74, 6) is 0.876. The molecule has 144 valence electrons. The third-order valence-electron chi connectivity index (χ3n) is 4.06. The fourth-order valence-electron chi connectivity index (χ4n) is 2.55. The maximum atomic E-state index is 5.57. The molecule has 0 saturated carbocycles. The maximum Gasteiger partial charge on any atom is 0.191 e. The molecule has 1 aliphatic heterocycles. The van der Waals surface area contributed by atoms with Gasteiger partial charge in [0.1, 0.15) is 0 Å². The van der Waals surface area contributed by atoms with Crippen LogP contribution in [-0.4, -0.2) is 76.6 Å². The summed E-state index contributed by atoms with van der Waals surface area (Å²) in [4.78, 5) is 7.13. The van der Waals surface area contributed by atoms with E-state index in [1.165, 1.54) is 0 Å². The van der Waals surface area contributed by atoms with E-state index in [-0.39, 0.29) is 35.5 Å². The lowest BCUT2D eigenvalue weighted by atomic mass is 9.89. The molecular weight excluding hydrogens is 419 g/mol. The van der Waals surface area contributed by atoms with Gasteiger partial charge in [0, 0.05) is 33.3 Å². The van der Waals surface area contributed by atoms with Gasteiger partial charge in [0.05, 0.1) is 25.9 Å². The van der Waals surface area contributed by atoms with Gasteiger partial charge in [-0.25, -0.2) is 0 Å². The molecule has 0 aliphatic carbocycles. The molecule has 7 heteroatoms. The standard InChI is InChI=1S/C17H36N4O2.HI/c1-6-18-16(20-14-15(22-5)17(2,3)4)19-8-7-9-21-10-12-23-13-11-21;/h15H,6-14H2,1-5H3,(H2,18,19,20);1H. The van der Waals surface area contributed by atoms with E-state index < -0.39 is 0 Å². The van der Waals surface area contributed by atoms with Crippen molar-refractivity contribution in [1.82, 2.24) is 15.5 Å². The highest BCUT2D eigenvalue weighted by atomic mass is 127. The van der Waals surface area contributed by atoms with Gasteiger partial charge in [0.15, 0.2) is 5.96 Å². The molecule has 0 spiro atoms. The van der Waals surface area contributed by atoms with Crippen molar-refractivity contribution in [2.75, 3.05) is 59.6 Å². The summed E-state index contributed by atoms with van der Waals surface area (Å²) in [7, 11) is 1.76. The minimum absolute atomic E-state index is 0. The Balaban J connectivity index is 0.00000529. The summed E-state index contributed by atoms with van der Waals surface area (Å²) in [5.41, 5.74) is 0.0892. The first kappa shape index (κ1) is 23.9. The monoisotopic (exact) mass is 456 g/mol. The zero-order valence-corrected chi connectivity index (χ0v) is 18.4. The van der Waals surface area contributed by atoms with Gasteiger partial charge in [-0.2, -0.15) is 0 Å². The van der Waals surface area contributed by atoms with Gasteiger partial charge in [0.2, 0.25) is 0 Å². The molecule has 1 rings (SSSR count). The fourth-order valence-corrected chi connectivity index (χ4v) is 2.55. The summed E-state index contributed by atoms with van der Waals surface area (Å²) in [5, 5.41) is 6.72. The van der Waals surface area contributed by atoms with Crippen molar-refractivity contribution in [3.63, 3.8) is 0 Å². The minimum atomic E-state index is 0. The van der Waals surface area contributed by atoms with Crippen molar-refractivity contribution in [3.05, 3.63) is 0 Å². The van der Waals surface area contributed by atoms with Crippen LogP contribution < -0.4 is 10.6 Å². The first-order valence-electron chi connectivity index (χ1n) is 8.82. The quantitative estimate of drug-likeness (QED) is 0.253. The number of hydrogen-bond donors (Lipinski definition) is 2. The Labute approximate surface area is 165 Å². The van der Waals surface area contributed by atoms with Gasteiger partial charge >= 0.3 is 0 Å². The van der Waals surface area contributed by atoms with Crippen LogP contribution in [0.15, 0.2) is 4.99 Å². The minimum Gasteiger partial charge on any atom is -0.379 e. The second kappa shape index (κ2) is 13.1. The average Bonchev–Trinajstić information content (AvgIpc) is 2.51. The topological polar surface area (TPSA) is 58.1 Å². The van der Waals surface area contributed by atoms with E-state index in [0.29, 0.717) is 6.54 Å². The molecule has 6 nitrogen and oxygen atoms in total. The lowest BCUT2D eigenvalue weighted by molar-refractivity contribution is 0.0241. The molecule has 0 bridgehead atoms. The Morgan fingerprint density at radius 2 is 1.92 bits per heavy atom. The Hall–Kier alpha value is -0.120. The molecule has 0 aromatic rings. The maximum absolute atomic E-state index is 5.57. The molecule has 0 amide bonds. The van der Waals surface area contributed by atoms with Crippen LogP contribution in [0.4, 0.5) is 0 Å². The number of nitrogens with one attached hydrogen (secondary N) is 2. The Morgan fingerprint density at radius 1 is 1.25 bits per heavy atom. The second-order valence-electron chi connectivity index (χ2n) is 7.04. The van der Waals surface area contributed by atoms with Crippen LogP contribution in [0.5, 0.6) is 0 Å². The van der Waals surface area contributed by atoms with Crippen LogP contribution in [-0.2, 0) is 9.47 Å². The first-order valence-corrected chi connectivity index (χ1v) is 8.82. The molecule has 0 radical (unpaired) electrons. The van der Waals surface area contributed by atoms with Gasteiger partial charge in [0.25, 0.3) is 0 Å². The van der Waals surface area contributed by atoms with Crippen molar-refractivity contribution in [3.8, 4) is 0 Å². The van der Waals surface area contributed by atoms with Crippen molar-refractivity contribution in [2.24, 2.45) is 10.4 Å². The van der Waals surface area contributed by atoms with E-state index >= 15 is 0 Å². The van der Waals surface area contributed by atoms with Gasteiger partial charge in [-0.15, -0.1) is 24.0 Å². The highest BCUT2D eigenvalue weighted by Crippen LogP contribution is 2.21. The zero-order valence-electron chi connectivity index (χ0n) is 16.1. The highest BCUT2D eigenvalue weighted by Gasteiger charge is 2.24. The largest absolute Gasteiger partial charge is 0.379 e. The number of hydrogen-bond acceptors (Lipinski definition) is 4. The molecule has 1 heterocycles. The Morgan fingerprint density at radius 3 is 2.46 bits per heavy atom. The summed E-state index contributed by atoms with van der Waals surface area (Å²) in [6.07, 6.45) is 1.23. The molecule has 24 heavy (non-hydrogen) atoms. The predicted molar refractivity (Wildman–Crippen MR) is 112 cm³/mol. The Kier molecular flexibility index (Phi) is 13.1. The number of nitrogens with zero attached hydrogens (tertiary/aromatic N) is 2. The lowest BCUT2D eigenvalue weighted by Gasteiger charge is -2.28. The second-order valence-corrected chi connectivity index (χ2v) is 7.04. The fraction of sp³-hybridized carbons (Fsp3) is 0.941. The van der Waals surface area contributed by atoms with E-state index in [4.69, 9.17) is 9.47 Å². The molecule has 1 fully saturated rings. The van der Waals surface area contributed by atoms with E-state index in [2.05, 4.69) is 48.2 Å². The summed E-state index contributed by atoms with van der Waals surface area (Å²) in [6, 6.07) is 0. The van der Waals surface area contributed by atoms with E-state index in [1.54, 1.807) is 7.11 Å². The van der Waals surface area contributed by atoms with Crippen LogP contribution in [0.1, 0.15) is 34.1 Å². The van der Waals surface area contributed by atoms with E-state index in [1.807, 2.05) is 0 Å². The van der Waals surface area contributed by atoms with Crippen LogP contribution in [0.25, 0.3) is 0 Å². The zero-order chi connectivity index (χ0) is 17.1. The Bertz CT molecular complexity index is 342. The van der Waals surface area contributed by atoms with Crippen molar-refractivity contribution < 1.29 is 9.47 Å². The molecule has 1 atom stereocenters. The number of guanidine groups is 1. The summed E-state index contributed by atoms with van der Waals surface area (Å²) < 4.78 is 10.9. The number of ether oxygens (including phenoxy) is 2. The molecule has 1 aliphatic rings. The number of methoxy groups -OCH3 is 1. The summed E-state index contributed by atoms with van der Waals surface area (Å²) in [6.45, 7) is 16.0. The van der Waals surface area contributed by atoms with Crippen molar-refractivity contribution >= 4 is 29.9 Å². The van der Waals surface area contributed by atoms with Crippen LogP contribution in [0.3, 0.4) is 0 Å². The predicted octanol–water partition coefficient (Wildman–Crippen LogP) is 1.94. The van der Waals surface area contributed by atoms with Crippen LogP contribution >= 0.6 is 24.0 Å². The van der Waals surface area contributed by atoms with Gasteiger partial charge in [-0.1, -0.05) is 20.8 Å². The number of rotatable bonds is 8. The smallest absolute Gasteiger partial charge is 0.191 e. The van der Waals surface area contributed by atoms with Gasteiger partial charge in [-0.3, -0.25) is 9.89 Å². The molecule has 0 aromatic heterocycles. The molecule has 0 aromatic carbocycles. The van der Waals surface area contributed by atoms with Crippen LogP contribution in [0.2, 0.25) is 0 Å². The molecule has 1 unspecified atom stereocenters. The van der Waals surface area contributed by atoms with Gasteiger partial charge in [-0.05, 0) is 25.3 Å². The van der Waals surface area contributed by atoms with Crippen molar-refractivity contribution in [1.29, 1.82) is 0 Å². The molecule has 2 N–H and O–H groups in total. The van der Waals surface area contributed by atoms with Gasteiger partial charge < -0.3 is 20.1 Å². The third kappa shape index (κ3) is 10.0. The normalized spacial score (nSPS) is 18.0. The molecular formula is C17H37IN4O2. The number of halogens is 1. The van der Waals surface area contributed by atoms with Crippen molar-refractivity contribution in [2.45, 2.75) is 40.2 Å². The number of morpholine rings is 1. The number of aliphatic imine (C=N–C) groups is 1. The third-order valence-corrected chi connectivity index (χ3v) is 4.06. The van der Waals surface area contributed by atoms with E-state index in [0.717, 1.165) is 58.3 Å². The van der Waals surface area contributed by atoms with E-state index in [9.17, 15) is 0 Å². The lowest BCUT2D eigenvalue weighted by Crippen LogP contribution is -2.41. The first-order chi connectivity index (χ1) is 11.0. The van der Waals surface area contributed by atoms with Crippen LogP contribution in [0, 0.1) is 5.41 Å².